The lowest BCUT2D eigenvalue weighted by Crippen LogP contribution is -2.67. The van der Waals surface area contributed by atoms with E-state index in [2.05, 4.69) is 35.8 Å². The molecule has 1 fully saturated rings. The van der Waals surface area contributed by atoms with Crippen LogP contribution in [0.4, 0.5) is 23.5 Å². The zero-order valence-electron chi connectivity index (χ0n) is 22.3. The Hall–Kier alpha value is -4.14. The lowest BCUT2D eigenvalue weighted by molar-refractivity contribution is -0.192. The Morgan fingerprint density at radius 3 is 2.33 bits per heavy atom. The summed E-state index contributed by atoms with van der Waals surface area (Å²) in [5, 5.41) is 32.4. The van der Waals surface area contributed by atoms with Gasteiger partial charge in [0, 0.05) is 28.3 Å². The molecule has 0 bridgehead atoms. The number of aromatic hydroxyl groups is 1. The normalized spacial score (nSPS) is 19.6. The third-order valence-electron chi connectivity index (χ3n) is 5.97. The molecular formula is C25H29F4N7O4. The summed E-state index contributed by atoms with van der Waals surface area (Å²) < 4.78 is 51.9. The van der Waals surface area contributed by atoms with E-state index in [1.54, 1.807) is 24.3 Å². The average Bonchev–Trinajstić information content (AvgIpc) is 2.86. The molecule has 3 heterocycles. The van der Waals surface area contributed by atoms with Gasteiger partial charge in [-0.05, 0) is 46.2 Å². The molecule has 3 aromatic rings. The van der Waals surface area contributed by atoms with Crippen molar-refractivity contribution in [1.82, 2.24) is 30.5 Å². The van der Waals surface area contributed by atoms with E-state index in [1.165, 1.54) is 19.6 Å². The van der Waals surface area contributed by atoms with Gasteiger partial charge in [0.25, 0.3) is 0 Å². The van der Waals surface area contributed by atoms with Gasteiger partial charge in [0.15, 0.2) is 0 Å². The molecule has 0 unspecified atom stereocenters. The van der Waals surface area contributed by atoms with Gasteiger partial charge in [-0.3, -0.25) is 0 Å². The smallest absolute Gasteiger partial charge is 0.490 e. The van der Waals surface area contributed by atoms with Crippen LogP contribution in [-0.2, 0) is 4.79 Å². The number of benzene rings is 1. The number of phenolic OH excluding ortho intramolecular Hbond substituents is 1. The number of nitrogens with one attached hydrogen (secondary N) is 2. The molecule has 40 heavy (non-hydrogen) atoms. The first-order chi connectivity index (χ1) is 18.5. The molecule has 1 saturated heterocycles. The number of carboxylic acids is 1. The number of aliphatic carboxylic acids is 1. The van der Waals surface area contributed by atoms with Crippen LogP contribution in [0, 0.1) is 0 Å². The summed E-state index contributed by atoms with van der Waals surface area (Å²) in [7, 11) is 1.53. The van der Waals surface area contributed by atoms with Crippen molar-refractivity contribution in [2.45, 2.75) is 63.6 Å². The van der Waals surface area contributed by atoms with Crippen LogP contribution in [0.5, 0.6) is 11.6 Å². The van der Waals surface area contributed by atoms with Gasteiger partial charge in [0.05, 0.1) is 25.0 Å². The second kappa shape index (κ2) is 11.5. The number of halogens is 4. The number of alkyl halides is 4. The van der Waals surface area contributed by atoms with Gasteiger partial charge in [-0.2, -0.15) is 13.2 Å². The molecule has 0 amide bonds. The maximum absolute atomic E-state index is 15.0. The van der Waals surface area contributed by atoms with Crippen LogP contribution < -0.4 is 15.4 Å². The lowest BCUT2D eigenvalue weighted by Gasteiger charge is -2.48. The topological polar surface area (TPSA) is 155 Å². The fourth-order valence-electron chi connectivity index (χ4n) is 4.42. The highest BCUT2D eigenvalue weighted by Crippen LogP contribution is 2.34. The number of anilines is 1. The quantitative estimate of drug-likeness (QED) is 0.331. The summed E-state index contributed by atoms with van der Waals surface area (Å²) in [4.78, 5) is 21.4. The summed E-state index contributed by atoms with van der Waals surface area (Å²) in [5.41, 5.74) is 1.25. The molecular weight excluding hydrogens is 538 g/mol. The molecule has 1 aliphatic rings. The molecule has 4 N–H and O–H groups in total. The third kappa shape index (κ3) is 7.49. The Bertz CT molecular complexity index is 1340. The van der Waals surface area contributed by atoms with Crippen LogP contribution >= 0.6 is 0 Å². The predicted octanol–water partition coefficient (Wildman–Crippen LogP) is 4.01. The van der Waals surface area contributed by atoms with Crippen molar-refractivity contribution >= 4 is 11.9 Å². The van der Waals surface area contributed by atoms with E-state index in [-0.39, 0.29) is 17.2 Å². The molecule has 1 aromatic carbocycles. The maximum atomic E-state index is 15.0. The fraction of sp³-hybridized carbons (Fsp3) is 0.440. The van der Waals surface area contributed by atoms with E-state index in [4.69, 9.17) is 14.6 Å². The Morgan fingerprint density at radius 1 is 1.10 bits per heavy atom. The minimum atomic E-state index is -5.08. The van der Waals surface area contributed by atoms with Crippen molar-refractivity contribution in [3.63, 3.8) is 0 Å². The minimum absolute atomic E-state index is 0.00700. The second-order valence-corrected chi connectivity index (χ2v) is 10.2. The number of hydrogen-bond donors (Lipinski definition) is 4. The molecule has 2 aromatic heterocycles. The first kappa shape index (κ1) is 30.4. The molecule has 4 rings (SSSR count). The van der Waals surface area contributed by atoms with E-state index < -0.39 is 29.9 Å². The number of hydrogen-bond acceptors (Lipinski definition) is 10. The highest BCUT2D eigenvalue weighted by molar-refractivity contribution is 5.73. The van der Waals surface area contributed by atoms with Gasteiger partial charge in [0.2, 0.25) is 11.8 Å². The molecule has 15 heteroatoms. The van der Waals surface area contributed by atoms with E-state index >= 15 is 4.39 Å². The van der Waals surface area contributed by atoms with Gasteiger partial charge >= 0.3 is 12.1 Å². The van der Waals surface area contributed by atoms with Gasteiger partial charge in [0.1, 0.15) is 23.9 Å². The Labute approximate surface area is 227 Å². The van der Waals surface area contributed by atoms with Crippen LogP contribution in [0.1, 0.15) is 34.1 Å². The molecule has 11 nitrogen and oxygen atoms in total. The van der Waals surface area contributed by atoms with Crippen LogP contribution in [0.25, 0.3) is 22.5 Å². The zero-order valence-corrected chi connectivity index (χ0v) is 22.3. The zero-order chi connectivity index (χ0) is 29.9. The highest BCUT2D eigenvalue weighted by Gasteiger charge is 2.46. The van der Waals surface area contributed by atoms with Crippen molar-refractivity contribution < 1.29 is 37.3 Å². The Balaban J connectivity index is 0.000000559. The number of rotatable bonds is 5. The van der Waals surface area contributed by atoms with Gasteiger partial charge < -0.3 is 25.6 Å². The predicted molar refractivity (Wildman–Crippen MR) is 136 cm³/mol. The lowest BCUT2D eigenvalue weighted by atomic mass is 9.78. The molecule has 0 spiro atoms. The molecule has 0 radical (unpaired) electrons. The van der Waals surface area contributed by atoms with Crippen molar-refractivity contribution in [3.05, 3.63) is 36.8 Å². The SMILES string of the molecule is COc1cc(-c2ccc(-c3cnc(N[C@H]4CC(C)(C)NC(C)(C)[C@H]4F)nn3)c(O)c2)ncn1.O=C(O)C(F)(F)F. The van der Waals surface area contributed by atoms with Crippen LogP contribution in [0.15, 0.2) is 36.8 Å². The Morgan fingerprint density at radius 2 is 1.77 bits per heavy atom. The summed E-state index contributed by atoms with van der Waals surface area (Å²) in [5.74, 6) is -2.08. The maximum Gasteiger partial charge on any atom is 0.490 e. The number of nitrogens with zero attached hydrogens (tertiary/aromatic N) is 5. The van der Waals surface area contributed by atoms with Gasteiger partial charge in [-0.15, -0.1) is 10.2 Å². The van der Waals surface area contributed by atoms with E-state index in [0.717, 1.165) is 0 Å². The van der Waals surface area contributed by atoms with Crippen LogP contribution in [0.3, 0.4) is 0 Å². The first-order valence-corrected chi connectivity index (χ1v) is 11.9. The molecule has 2 atom stereocenters. The van der Waals surface area contributed by atoms with Gasteiger partial charge in [-0.25, -0.2) is 24.1 Å². The van der Waals surface area contributed by atoms with Crippen molar-refractivity contribution in [2.75, 3.05) is 12.4 Å². The highest BCUT2D eigenvalue weighted by atomic mass is 19.4. The van der Waals surface area contributed by atoms with E-state index in [1.807, 2.05) is 27.7 Å². The van der Waals surface area contributed by atoms with Crippen molar-refractivity contribution in [3.8, 4) is 34.1 Å². The fourth-order valence-corrected chi connectivity index (χ4v) is 4.42. The standard InChI is InChI=1S/C23H28FN7O2.C2HF3O2/c1-22(2)10-16(20(24)23(3,4)31-22)28-21-25-11-17(29-30-21)14-7-6-13(8-18(14)32)15-9-19(33-5)27-12-26-15;3-2(4,5)1(6)7/h6-9,11-12,16,20,31-32H,10H2,1-5H3,(H,25,28,30);(H,6,7)/t16-,20-;/m0./s1. The summed E-state index contributed by atoms with van der Waals surface area (Å²) in [6, 6.07) is 6.32. The number of methoxy groups -OCH3 is 1. The van der Waals surface area contributed by atoms with Crippen molar-refractivity contribution in [2.24, 2.45) is 0 Å². The van der Waals surface area contributed by atoms with Gasteiger partial charge in [-0.1, -0.05) is 6.07 Å². The number of ether oxygens (including phenoxy) is 1. The summed E-state index contributed by atoms with van der Waals surface area (Å²) in [6.45, 7) is 7.78. The minimum Gasteiger partial charge on any atom is -0.507 e. The number of aromatic nitrogens is 5. The number of piperidine rings is 1. The first-order valence-electron chi connectivity index (χ1n) is 11.9. The van der Waals surface area contributed by atoms with E-state index in [0.29, 0.717) is 34.8 Å². The summed E-state index contributed by atoms with van der Waals surface area (Å²) in [6.07, 6.45) is -2.75. The van der Waals surface area contributed by atoms with Crippen LogP contribution in [-0.4, -0.2) is 77.9 Å². The molecule has 216 valence electrons. The monoisotopic (exact) mass is 567 g/mol. The molecule has 0 aliphatic carbocycles. The number of carbonyl (C=O) groups is 1. The summed E-state index contributed by atoms with van der Waals surface area (Å²) >= 11 is 0. The van der Waals surface area contributed by atoms with Crippen LogP contribution in [0.2, 0.25) is 0 Å². The third-order valence-corrected chi connectivity index (χ3v) is 5.97. The molecule has 1 aliphatic heterocycles. The molecule has 0 saturated carbocycles. The van der Waals surface area contributed by atoms with E-state index in [9.17, 15) is 18.3 Å². The Kier molecular flexibility index (Phi) is 8.77. The number of carboxylic acid groups (broad SMARTS) is 1. The number of phenols is 1. The van der Waals surface area contributed by atoms with Crippen molar-refractivity contribution in [1.29, 1.82) is 0 Å². The second-order valence-electron chi connectivity index (χ2n) is 10.2. The largest absolute Gasteiger partial charge is 0.507 e. The average molecular weight is 568 g/mol.